The van der Waals surface area contributed by atoms with Gasteiger partial charge >= 0.3 is 0 Å². The van der Waals surface area contributed by atoms with E-state index in [0.29, 0.717) is 10.8 Å². The standard InChI is InChI=1S/C17H18ClNOS/c1-12-8-9-15(18)10-16(12)19-17(20)11-21-13(2)14-6-4-3-5-7-14/h3-10,13H,11H2,1-2H3,(H,19,20)/t13-/m0/s1. The second kappa shape index (κ2) is 7.53. The Bertz CT molecular complexity index is 615. The lowest BCUT2D eigenvalue weighted by Crippen LogP contribution is -2.15. The number of carbonyl (C=O) groups excluding carboxylic acids is 1. The van der Waals surface area contributed by atoms with Crippen molar-refractivity contribution in [3.63, 3.8) is 0 Å². The molecule has 2 nitrogen and oxygen atoms in total. The van der Waals surface area contributed by atoms with Gasteiger partial charge in [-0.1, -0.05) is 48.0 Å². The van der Waals surface area contributed by atoms with E-state index in [2.05, 4.69) is 24.4 Å². The van der Waals surface area contributed by atoms with Gasteiger partial charge in [0.1, 0.15) is 0 Å². The second-order valence-electron chi connectivity index (χ2n) is 4.87. The molecule has 0 heterocycles. The molecule has 1 amide bonds. The van der Waals surface area contributed by atoms with Gasteiger partial charge in [0, 0.05) is 16.0 Å². The molecule has 0 saturated carbocycles. The molecule has 0 aromatic heterocycles. The van der Waals surface area contributed by atoms with Crippen LogP contribution in [0.15, 0.2) is 48.5 Å². The summed E-state index contributed by atoms with van der Waals surface area (Å²) in [4.78, 5) is 12.0. The first-order chi connectivity index (χ1) is 10.1. The van der Waals surface area contributed by atoms with Crippen molar-refractivity contribution in [1.82, 2.24) is 0 Å². The highest BCUT2D eigenvalue weighted by Crippen LogP contribution is 2.28. The molecule has 0 bridgehead atoms. The highest BCUT2D eigenvalue weighted by atomic mass is 35.5. The van der Waals surface area contributed by atoms with E-state index in [0.717, 1.165) is 11.3 Å². The Labute approximate surface area is 134 Å². The lowest BCUT2D eigenvalue weighted by molar-refractivity contribution is -0.113. The molecule has 0 unspecified atom stereocenters. The number of aryl methyl sites for hydroxylation is 1. The van der Waals surface area contributed by atoms with E-state index in [9.17, 15) is 4.79 Å². The molecule has 110 valence electrons. The number of hydrogen-bond acceptors (Lipinski definition) is 2. The van der Waals surface area contributed by atoms with Crippen LogP contribution in [0.5, 0.6) is 0 Å². The predicted octanol–water partition coefficient (Wildman–Crippen LogP) is 5.08. The van der Waals surface area contributed by atoms with Crippen LogP contribution in [0.3, 0.4) is 0 Å². The van der Waals surface area contributed by atoms with Gasteiger partial charge in [-0.05, 0) is 37.1 Å². The quantitative estimate of drug-likeness (QED) is 0.832. The first-order valence-electron chi connectivity index (χ1n) is 6.79. The molecule has 2 aromatic rings. The average Bonchev–Trinajstić information content (AvgIpc) is 2.49. The second-order valence-corrected chi connectivity index (χ2v) is 6.64. The summed E-state index contributed by atoms with van der Waals surface area (Å²) in [5, 5.41) is 3.83. The number of hydrogen-bond donors (Lipinski definition) is 1. The van der Waals surface area contributed by atoms with Crippen molar-refractivity contribution in [3.05, 3.63) is 64.7 Å². The first-order valence-corrected chi connectivity index (χ1v) is 8.21. The minimum atomic E-state index is -0.00634. The van der Waals surface area contributed by atoms with Crippen LogP contribution in [0.25, 0.3) is 0 Å². The zero-order valence-electron chi connectivity index (χ0n) is 12.1. The van der Waals surface area contributed by atoms with Gasteiger partial charge in [-0.15, -0.1) is 11.8 Å². The lowest BCUT2D eigenvalue weighted by Gasteiger charge is -2.12. The molecule has 0 aliphatic heterocycles. The van der Waals surface area contributed by atoms with Crippen molar-refractivity contribution < 1.29 is 4.79 Å². The molecule has 4 heteroatoms. The Balaban J connectivity index is 1.89. The Morgan fingerprint density at radius 3 is 2.67 bits per heavy atom. The van der Waals surface area contributed by atoms with Crippen molar-refractivity contribution in [2.45, 2.75) is 19.1 Å². The van der Waals surface area contributed by atoms with E-state index in [1.807, 2.05) is 37.3 Å². The number of benzene rings is 2. The number of nitrogens with one attached hydrogen (secondary N) is 1. The summed E-state index contributed by atoms with van der Waals surface area (Å²) in [5.74, 6) is 0.412. The Kier molecular flexibility index (Phi) is 5.71. The largest absolute Gasteiger partial charge is 0.325 e. The molecule has 1 atom stereocenters. The number of anilines is 1. The van der Waals surface area contributed by atoms with Crippen LogP contribution in [0.1, 0.15) is 23.3 Å². The molecule has 0 saturated heterocycles. The number of amides is 1. The summed E-state index contributed by atoms with van der Waals surface area (Å²) >= 11 is 7.57. The van der Waals surface area contributed by atoms with E-state index in [4.69, 9.17) is 11.6 Å². The van der Waals surface area contributed by atoms with Crippen molar-refractivity contribution in [1.29, 1.82) is 0 Å². The summed E-state index contributed by atoms with van der Waals surface area (Å²) in [6.07, 6.45) is 0. The van der Waals surface area contributed by atoms with Gasteiger partial charge < -0.3 is 5.32 Å². The molecule has 0 aliphatic rings. The van der Waals surface area contributed by atoms with Crippen LogP contribution in [0.2, 0.25) is 5.02 Å². The third-order valence-corrected chi connectivity index (χ3v) is 4.64. The fourth-order valence-corrected chi connectivity index (χ4v) is 2.93. The van der Waals surface area contributed by atoms with Crippen molar-refractivity contribution in [2.24, 2.45) is 0 Å². The third-order valence-electron chi connectivity index (χ3n) is 3.21. The van der Waals surface area contributed by atoms with E-state index >= 15 is 0 Å². The summed E-state index contributed by atoms with van der Waals surface area (Å²) in [6, 6.07) is 15.7. The Morgan fingerprint density at radius 2 is 1.95 bits per heavy atom. The monoisotopic (exact) mass is 319 g/mol. The third kappa shape index (κ3) is 4.80. The van der Waals surface area contributed by atoms with Crippen LogP contribution >= 0.6 is 23.4 Å². The van der Waals surface area contributed by atoms with Gasteiger partial charge in [-0.2, -0.15) is 0 Å². The Hall–Kier alpha value is -1.45. The molecule has 2 rings (SSSR count). The average molecular weight is 320 g/mol. The number of carbonyl (C=O) groups is 1. The SMILES string of the molecule is Cc1ccc(Cl)cc1NC(=O)CS[C@@H](C)c1ccccc1. The highest BCUT2D eigenvalue weighted by Gasteiger charge is 2.10. The summed E-state index contributed by atoms with van der Waals surface area (Å²) in [5.41, 5.74) is 3.02. The summed E-state index contributed by atoms with van der Waals surface area (Å²) < 4.78 is 0. The molecule has 0 fully saturated rings. The Morgan fingerprint density at radius 1 is 1.24 bits per heavy atom. The summed E-state index contributed by atoms with van der Waals surface area (Å²) in [7, 11) is 0. The topological polar surface area (TPSA) is 29.1 Å². The smallest absolute Gasteiger partial charge is 0.234 e. The number of halogens is 1. The molecule has 0 radical (unpaired) electrons. The van der Waals surface area contributed by atoms with Crippen molar-refractivity contribution in [2.75, 3.05) is 11.1 Å². The zero-order valence-corrected chi connectivity index (χ0v) is 13.7. The lowest BCUT2D eigenvalue weighted by atomic mass is 10.2. The molecular formula is C17H18ClNOS. The van der Waals surface area contributed by atoms with Gasteiger partial charge in [0.25, 0.3) is 0 Å². The van der Waals surface area contributed by atoms with E-state index < -0.39 is 0 Å². The maximum Gasteiger partial charge on any atom is 0.234 e. The normalized spacial score (nSPS) is 12.0. The molecule has 1 N–H and O–H groups in total. The maximum atomic E-state index is 12.0. The van der Waals surface area contributed by atoms with E-state index in [1.165, 1.54) is 5.56 Å². The van der Waals surface area contributed by atoms with Crippen LogP contribution in [-0.2, 0) is 4.79 Å². The minimum Gasteiger partial charge on any atom is -0.325 e. The molecule has 0 spiro atoms. The molecule has 0 aliphatic carbocycles. The molecule has 2 aromatic carbocycles. The fraction of sp³-hybridized carbons (Fsp3) is 0.235. The minimum absolute atomic E-state index is 0.00634. The van der Waals surface area contributed by atoms with Gasteiger partial charge in [-0.3, -0.25) is 4.79 Å². The maximum absolute atomic E-state index is 12.0. The summed E-state index contributed by atoms with van der Waals surface area (Å²) in [6.45, 7) is 4.06. The first kappa shape index (κ1) is 15.9. The van der Waals surface area contributed by atoms with Crippen molar-refractivity contribution >= 4 is 35.0 Å². The van der Waals surface area contributed by atoms with Crippen LogP contribution < -0.4 is 5.32 Å². The van der Waals surface area contributed by atoms with Gasteiger partial charge in [0.15, 0.2) is 0 Å². The van der Waals surface area contributed by atoms with Gasteiger partial charge in [0.2, 0.25) is 5.91 Å². The van der Waals surface area contributed by atoms with Crippen LogP contribution in [0.4, 0.5) is 5.69 Å². The molecular weight excluding hydrogens is 302 g/mol. The number of rotatable bonds is 5. The van der Waals surface area contributed by atoms with E-state index in [1.54, 1.807) is 17.8 Å². The predicted molar refractivity (Wildman–Crippen MR) is 92.1 cm³/mol. The van der Waals surface area contributed by atoms with Crippen molar-refractivity contribution in [3.8, 4) is 0 Å². The van der Waals surface area contributed by atoms with Gasteiger partial charge in [-0.25, -0.2) is 0 Å². The molecule has 21 heavy (non-hydrogen) atoms. The fourth-order valence-electron chi connectivity index (χ4n) is 1.94. The van der Waals surface area contributed by atoms with Gasteiger partial charge in [0.05, 0.1) is 5.75 Å². The van der Waals surface area contributed by atoms with Crippen LogP contribution in [-0.4, -0.2) is 11.7 Å². The highest BCUT2D eigenvalue weighted by molar-refractivity contribution is 8.00. The van der Waals surface area contributed by atoms with E-state index in [-0.39, 0.29) is 11.2 Å². The zero-order chi connectivity index (χ0) is 15.2. The number of thioether (sulfide) groups is 1. The van der Waals surface area contributed by atoms with Crippen LogP contribution in [0, 0.1) is 6.92 Å².